The first-order valence-corrected chi connectivity index (χ1v) is 7.42. The second-order valence-electron chi connectivity index (χ2n) is 4.22. The summed E-state index contributed by atoms with van der Waals surface area (Å²) in [6, 6.07) is 6.38. The van der Waals surface area contributed by atoms with Crippen LogP contribution in [0.1, 0.15) is 17.3 Å². The van der Waals surface area contributed by atoms with Gasteiger partial charge in [-0.25, -0.2) is 5.10 Å². The number of nitrogens with two attached hydrogens (primary N) is 1. The first-order chi connectivity index (χ1) is 10.5. The number of thioether (sulfide) groups is 1. The number of nitrogens with zero attached hydrogens (tertiary/aromatic N) is 2. The van der Waals surface area contributed by atoms with E-state index < -0.39 is 17.1 Å². The molecule has 10 heteroatoms. The molecule has 5 N–H and O–H groups in total. The third-order valence-corrected chi connectivity index (χ3v) is 3.72. The van der Waals surface area contributed by atoms with Crippen LogP contribution < -0.4 is 16.6 Å². The molecule has 0 aliphatic carbocycles. The van der Waals surface area contributed by atoms with Crippen LogP contribution in [0.3, 0.4) is 0 Å². The van der Waals surface area contributed by atoms with Crippen molar-refractivity contribution in [1.82, 2.24) is 26.0 Å². The number of carbonyl (C=O) groups is 2. The van der Waals surface area contributed by atoms with E-state index in [1.54, 1.807) is 25.1 Å². The molecule has 0 spiro atoms. The molecule has 1 unspecified atom stereocenters. The van der Waals surface area contributed by atoms with E-state index in [9.17, 15) is 9.59 Å². The second-order valence-corrected chi connectivity index (χ2v) is 5.96. The number of amides is 2. The summed E-state index contributed by atoms with van der Waals surface area (Å²) in [7, 11) is 0. The minimum Gasteiger partial charge on any atom is -0.368 e. The van der Waals surface area contributed by atoms with E-state index in [0.29, 0.717) is 15.7 Å². The minimum atomic E-state index is -0.519. The van der Waals surface area contributed by atoms with Crippen LogP contribution >= 0.6 is 23.4 Å². The zero-order chi connectivity index (χ0) is 16.1. The fraction of sp³-hybridized carbons (Fsp3) is 0.167. The number of hydrogen-bond acceptors (Lipinski definition) is 6. The summed E-state index contributed by atoms with van der Waals surface area (Å²) in [6.45, 7) is 1.65. The molecule has 22 heavy (non-hydrogen) atoms. The summed E-state index contributed by atoms with van der Waals surface area (Å²) < 4.78 is 0. The van der Waals surface area contributed by atoms with Crippen molar-refractivity contribution in [2.75, 3.05) is 5.73 Å². The first-order valence-electron chi connectivity index (χ1n) is 6.16. The van der Waals surface area contributed by atoms with Crippen molar-refractivity contribution < 1.29 is 9.59 Å². The van der Waals surface area contributed by atoms with Crippen molar-refractivity contribution in [3.63, 3.8) is 0 Å². The highest BCUT2D eigenvalue weighted by atomic mass is 35.5. The maximum Gasteiger partial charge on any atom is 0.269 e. The number of anilines is 1. The smallest absolute Gasteiger partial charge is 0.269 e. The molecule has 2 aromatic rings. The Labute approximate surface area is 135 Å². The van der Waals surface area contributed by atoms with Gasteiger partial charge >= 0.3 is 0 Å². The van der Waals surface area contributed by atoms with Crippen LogP contribution in [-0.4, -0.2) is 32.2 Å². The molecule has 0 saturated heterocycles. The van der Waals surface area contributed by atoms with Gasteiger partial charge in [-0.15, -0.1) is 5.10 Å². The van der Waals surface area contributed by atoms with Gasteiger partial charge in [0.25, 0.3) is 11.8 Å². The lowest BCUT2D eigenvalue weighted by Gasteiger charge is -2.11. The summed E-state index contributed by atoms with van der Waals surface area (Å²) in [6.07, 6.45) is 0. The van der Waals surface area contributed by atoms with Crippen LogP contribution in [0, 0.1) is 0 Å². The first kappa shape index (κ1) is 16.1. The van der Waals surface area contributed by atoms with Gasteiger partial charge in [-0.3, -0.25) is 20.4 Å². The molecule has 0 saturated carbocycles. The van der Waals surface area contributed by atoms with Crippen LogP contribution in [-0.2, 0) is 4.79 Å². The molecule has 8 nitrogen and oxygen atoms in total. The number of halogens is 1. The molecule has 1 aromatic carbocycles. The number of nitrogens with one attached hydrogen (secondary N) is 3. The minimum absolute atomic E-state index is 0.171. The highest BCUT2D eigenvalue weighted by Gasteiger charge is 2.17. The van der Waals surface area contributed by atoms with E-state index in [0.717, 1.165) is 11.8 Å². The Morgan fingerprint density at radius 3 is 2.82 bits per heavy atom. The lowest BCUT2D eigenvalue weighted by atomic mass is 10.2. The molecule has 1 heterocycles. The molecule has 0 bridgehead atoms. The number of hydrazine groups is 1. The number of carbonyl (C=O) groups excluding carboxylic acids is 2. The zero-order valence-electron chi connectivity index (χ0n) is 11.5. The number of benzene rings is 1. The van der Waals surface area contributed by atoms with Crippen LogP contribution in [0.5, 0.6) is 0 Å². The average Bonchev–Trinajstić information content (AvgIpc) is 2.89. The Balaban J connectivity index is 1.85. The maximum absolute atomic E-state index is 11.9. The molecule has 2 rings (SSSR count). The van der Waals surface area contributed by atoms with Gasteiger partial charge < -0.3 is 5.73 Å². The normalized spacial score (nSPS) is 11.7. The topological polar surface area (TPSA) is 126 Å². The van der Waals surface area contributed by atoms with E-state index in [1.807, 2.05) is 0 Å². The molecule has 2 amide bonds. The highest BCUT2D eigenvalue weighted by Crippen LogP contribution is 2.19. The van der Waals surface area contributed by atoms with Gasteiger partial charge in [0.1, 0.15) is 0 Å². The number of aromatic nitrogens is 3. The Kier molecular flexibility index (Phi) is 5.23. The largest absolute Gasteiger partial charge is 0.368 e. The van der Waals surface area contributed by atoms with Gasteiger partial charge in [0, 0.05) is 10.6 Å². The predicted octanol–water partition coefficient (Wildman–Crippen LogP) is 0.982. The molecule has 1 atom stereocenters. The van der Waals surface area contributed by atoms with Gasteiger partial charge in [-0.05, 0) is 25.1 Å². The quantitative estimate of drug-likeness (QED) is 0.485. The molecule has 0 radical (unpaired) electrons. The SMILES string of the molecule is CC(Sc1n[nH]c(N)n1)C(=O)NNC(=O)c1cccc(Cl)c1. The maximum atomic E-state index is 11.9. The summed E-state index contributed by atoms with van der Waals surface area (Å²) in [5.74, 6) is -0.691. The van der Waals surface area contributed by atoms with Gasteiger partial charge in [0.2, 0.25) is 11.1 Å². The van der Waals surface area contributed by atoms with Crippen molar-refractivity contribution in [3.05, 3.63) is 34.9 Å². The van der Waals surface area contributed by atoms with Crippen LogP contribution in [0.4, 0.5) is 5.95 Å². The van der Waals surface area contributed by atoms with E-state index in [-0.39, 0.29) is 5.95 Å². The molecular formula is C12H13ClN6O2S. The summed E-state index contributed by atoms with van der Waals surface area (Å²) in [4.78, 5) is 27.6. The molecule has 0 fully saturated rings. The summed E-state index contributed by atoms with van der Waals surface area (Å²) in [5.41, 5.74) is 10.4. The molecule has 0 aliphatic heterocycles. The van der Waals surface area contributed by atoms with Gasteiger partial charge in [0.15, 0.2) is 0 Å². The van der Waals surface area contributed by atoms with Crippen molar-refractivity contribution in [3.8, 4) is 0 Å². The molecule has 0 aliphatic rings. The van der Waals surface area contributed by atoms with Crippen LogP contribution in [0.2, 0.25) is 5.02 Å². The monoisotopic (exact) mass is 340 g/mol. The summed E-state index contributed by atoms with van der Waals surface area (Å²) >= 11 is 6.90. The fourth-order valence-electron chi connectivity index (χ4n) is 1.44. The molecule has 116 valence electrons. The lowest BCUT2D eigenvalue weighted by Crippen LogP contribution is -2.44. The van der Waals surface area contributed by atoms with Gasteiger partial charge in [-0.2, -0.15) is 4.98 Å². The Hall–Kier alpha value is -2.26. The molecular weight excluding hydrogens is 328 g/mol. The van der Waals surface area contributed by atoms with E-state index in [2.05, 4.69) is 26.0 Å². The number of H-pyrrole nitrogens is 1. The third-order valence-electron chi connectivity index (χ3n) is 2.52. The predicted molar refractivity (Wildman–Crippen MR) is 83.2 cm³/mol. The number of rotatable bonds is 4. The van der Waals surface area contributed by atoms with Crippen molar-refractivity contribution >= 4 is 41.1 Å². The fourth-order valence-corrected chi connectivity index (χ4v) is 2.37. The van der Waals surface area contributed by atoms with E-state index in [4.69, 9.17) is 17.3 Å². The zero-order valence-corrected chi connectivity index (χ0v) is 13.0. The number of hydrogen-bond donors (Lipinski definition) is 4. The highest BCUT2D eigenvalue weighted by molar-refractivity contribution is 8.00. The molecule has 1 aromatic heterocycles. The van der Waals surface area contributed by atoms with E-state index >= 15 is 0 Å². The number of nitrogen functional groups attached to an aromatic ring is 1. The Morgan fingerprint density at radius 2 is 2.18 bits per heavy atom. The Bertz CT molecular complexity index is 692. The van der Waals surface area contributed by atoms with Gasteiger partial charge in [-0.1, -0.05) is 29.4 Å². The average molecular weight is 341 g/mol. The van der Waals surface area contributed by atoms with Gasteiger partial charge in [0.05, 0.1) is 5.25 Å². The Morgan fingerprint density at radius 1 is 1.41 bits per heavy atom. The second kappa shape index (κ2) is 7.14. The van der Waals surface area contributed by atoms with Crippen molar-refractivity contribution in [1.29, 1.82) is 0 Å². The summed E-state index contributed by atoms with van der Waals surface area (Å²) in [5, 5.41) is 6.55. The standard InChI is InChI=1S/C12H13ClN6O2S/c1-6(22-12-15-11(14)18-19-12)9(20)16-17-10(21)7-3-2-4-8(13)5-7/h2-6H,1H3,(H,16,20)(H,17,21)(H3,14,15,18,19). The van der Waals surface area contributed by atoms with Crippen LogP contribution in [0.25, 0.3) is 0 Å². The van der Waals surface area contributed by atoms with Crippen molar-refractivity contribution in [2.45, 2.75) is 17.3 Å². The van der Waals surface area contributed by atoms with Crippen molar-refractivity contribution in [2.24, 2.45) is 0 Å². The number of aromatic amines is 1. The lowest BCUT2D eigenvalue weighted by molar-refractivity contribution is -0.121. The van der Waals surface area contributed by atoms with Crippen LogP contribution in [0.15, 0.2) is 29.4 Å². The van der Waals surface area contributed by atoms with E-state index in [1.165, 1.54) is 6.07 Å². The third kappa shape index (κ3) is 4.37.